The summed E-state index contributed by atoms with van der Waals surface area (Å²) in [7, 11) is 4.30. The fourth-order valence-corrected chi connectivity index (χ4v) is 2.74. The molecule has 0 atom stereocenters. The van der Waals surface area contributed by atoms with E-state index in [0.29, 0.717) is 5.41 Å². The Morgan fingerprint density at radius 3 is 2.11 bits per heavy atom. The van der Waals surface area contributed by atoms with Crippen LogP contribution in [0.4, 0.5) is 0 Å². The van der Waals surface area contributed by atoms with E-state index in [1.165, 1.54) is 64.5 Å². The topological polar surface area (TPSA) is 15.3 Å². The Hall–Kier alpha value is -0.0800. The third-order valence-corrected chi connectivity index (χ3v) is 4.52. The summed E-state index contributed by atoms with van der Waals surface area (Å²) >= 11 is 0. The van der Waals surface area contributed by atoms with Crippen LogP contribution >= 0.6 is 0 Å². The van der Waals surface area contributed by atoms with Crippen LogP contribution in [0.25, 0.3) is 0 Å². The zero-order valence-electron chi connectivity index (χ0n) is 14.2. The second kappa shape index (κ2) is 11.7. The van der Waals surface area contributed by atoms with Gasteiger partial charge in [0.1, 0.15) is 0 Å². The van der Waals surface area contributed by atoms with Gasteiger partial charge in [-0.15, -0.1) is 0 Å². The van der Waals surface area contributed by atoms with Crippen LogP contribution in [0.3, 0.4) is 0 Å². The highest BCUT2D eigenvalue weighted by Crippen LogP contribution is 2.32. The molecular weight excluding hydrogens is 232 g/mol. The molecule has 2 nitrogen and oxygen atoms in total. The summed E-state index contributed by atoms with van der Waals surface area (Å²) in [6, 6.07) is 0. The van der Waals surface area contributed by atoms with Crippen molar-refractivity contribution >= 4 is 0 Å². The summed E-state index contributed by atoms with van der Waals surface area (Å²) in [6.45, 7) is 10.6. The van der Waals surface area contributed by atoms with Gasteiger partial charge in [-0.3, -0.25) is 0 Å². The first-order valence-corrected chi connectivity index (χ1v) is 8.45. The van der Waals surface area contributed by atoms with Crippen LogP contribution in [-0.4, -0.2) is 38.6 Å². The molecule has 0 aliphatic carbocycles. The average molecular weight is 271 g/mol. The molecule has 0 bridgehead atoms. The van der Waals surface area contributed by atoms with Crippen molar-refractivity contribution in [1.29, 1.82) is 0 Å². The van der Waals surface area contributed by atoms with Gasteiger partial charge >= 0.3 is 0 Å². The summed E-state index contributed by atoms with van der Waals surface area (Å²) in [5, 5.41) is 3.70. The van der Waals surface area contributed by atoms with Crippen molar-refractivity contribution in [2.75, 3.05) is 33.7 Å². The van der Waals surface area contributed by atoms with Gasteiger partial charge in [0.15, 0.2) is 0 Å². The first kappa shape index (κ1) is 18.9. The molecule has 0 aromatic heterocycles. The quantitative estimate of drug-likeness (QED) is 0.502. The van der Waals surface area contributed by atoms with E-state index in [4.69, 9.17) is 0 Å². The summed E-state index contributed by atoms with van der Waals surface area (Å²) in [6.07, 6.45) is 10.9. The number of unbranched alkanes of at least 4 members (excludes halogenated alkanes) is 3. The van der Waals surface area contributed by atoms with E-state index in [9.17, 15) is 0 Å². The Morgan fingerprint density at radius 1 is 0.895 bits per heavy atom. The first-order chi connectivity index (χ1) is 9.10. The molecule has 0 aliphatic heterocycles. The molecule has 0 aliphatic rings. The summed E-state index contributed by atoms with van der Waals surface area (Å²) in [5.41, 5.74) is 0.547. The van der Waals surface area contributed by atoms with Crippen LogP contribution in [0.2, 0.25) is 0 Å². The molecule has 1 N–H and O–H groups in total. The van der Waals surface area contributed by atoms with Gasteiger partial charge in [0.2, 0.25) is 0 Å². The predicted molar refractivity (Wildman–Crippen MR) is 87.8 cm³/mol. The molecule has 0 radical (unpaired) electrons. The molecule has 116 valence electrons. The van der Waals surface area contributed by atoms with Crippen molar-refractivity contribution < 1.29 is 0 Å². The van der Waals surface area contributed by atoms with E-state index in [1.54, 1.807) is 0 Å². The van der Waals surface area contributed by atoms with E-state index >= 15 is 0 Å². The molecule has 0 aromatic carbocycles. The van der Waals surface area contributed by atoms with Crippen molar-refractivity contribution in [3.8, 4) is 0 Å². The van der Waals surface area contributed by atoms with Crippen LogP contribution in [0.5, 0.6) is 0 Å². The minimum absolute atomic E-state index is 0.547. The highest BCUT2D eigenvalue weighted by Gasteiger charge is 2.24. The highest BCUT2D eigenvalue weighted by molar-refractivity contribution is 4.79. The SMILES string of the molecule is CCCCCCC(CC)(CC)CNCCCN(C)C. The standard InChI is InChI=1S/C17H38N2/c1-6-9-10-11-13-17(7-2,8-3)16-18-14-12-15-19(4)5/h18H,6-16H2,1-5H3. The molecule has 0 heterocycles. The second-order valence-corrected chi connectivity index (χ2v) is 6.35. The monoisotopic (exact) mass is 270 g/mol. The minimum Gasteiger partial charge on any atom is -0.316 e. The molecule has 0 aromatic rings. The van der Waals surface area contributed by atoms with E-state index in [1.807, 2.05) is 0 Å². The zero-order valence-corrected chi connectivity index (χ0v) is 14.2. The van der Waals surface area contributed by atoms with Gasteiger partial charge < -0.3 is 10.2 Å². The number of hydrogen-bond donors (Lipinski definition) is 1. The Morgan fingerprint density at radius 2 is 1.58 bits per heavy atom. The predicted octanol–water partition coefficient (Wildman–Crippen LogP) is 4.30. The Balaban J connectivity index is 3.87. The van der Waals surface area contributed by atoms with E-state index < -0.39 is 0 Å². The van der Waals surface area contributed by atoms with E-state index in [-0.39, 0.29) is 0 Å². The van der Waals surface area contributed by atoms with E-state index in [0.717, 1.165) is 6.54 Å². The van der Waals surface area contributed by atoms with E-state index in [2.05, 4.69) is 45.1 Å². The smallest absolute Gasteiger partial charge is 0.000761 e. The molecule has 19 heavy (non-hydrogen) atoms. The summed E-state index contributed by atoms with van der Waals surface area (Å²) < 4.78 is 0. The van der Waals surface area contributed by atoms with Crippen molar-refractivity contribution in [2.45, 2.75) is 72.1 Å². The third kappa shape index (κ3) is 9.45. The van der Waals surface area contributed by atoms with Crippen LogP contribution in [-0.2, 0) is 0 Å². The van der Waals surface area contributed by atoms with Crippen molar-refractivity contribution in [2.24, 2.45) is 5.41 Å². The Bertz CT molecular complexity index is 186. The number of nitrogens with one attached hydrogen (secondary N) is 1. The van der Waals surface area contributed by atoms with Crippen LogP contribution in [0.15, 0.2) is 0 Å². The lowest BCUT2D eigenvalue weighted by Crippen LogP contribution is -2.34. The molecule has 0 amide bonds. The first-order valence-electron chi connectivity index (χ1n) is 8.45. The molecule has 0 spiro atoms. The summed E-state index contributed by atoms with van der Waals surface area (Å²) in [4.78, 5) is 2.26. The lowest BCUT2D eigenvalue weighted by Gasteiger charge is -2.32. The van der Waals surface area contributed by atoms with Gasteiger partial charge in [-0.25, -0.2) is 0 Å². The number of rotatable bonds is 13. The average Bonchev–Trinajstić information content (AvgIpc) is 2.41. The highest BCUT2D eigenvalue weighted by atomic mass is 15.1. The lowest BCUT2D eigenvalue weighted by atomic mass is 9.77. The third-order valence-electron chi connectivity index (χ3n) is 4.52. The minimum atomic E-state index is 0.547. The molecule has 0 saturated heterocycles. The van der Waals surface area contributed by atoms with Crippen molar-refractivity contribution in [3.63, 3.8) is 0 Å². The fourth-order valence-electron chi connectivity index (χ4n) is 2.74. The molecular formula is C17H38N2. The van der Waals surface area contributed by atoms with Gasteiger partial charge in [0.05, 0.1) is 0 Å². The maximum Gasteiger partial charge on any atom is 0.000761 e. The van der Waals surface area contributed by atoms with Gasteiger partial charge in [-0.1, -0.05) is 46.5 Å². The molecule has 0 fully saturated rings. The normalized spacial score (nSPS) is 12.3. The largest absolute Gasteiger partial charge is 0.316 e. The molecule has 2 heteroatoms. The van der Waals surface area contributed by atoms with Crippen LogP contribution in [0.1, 0.15) is 72.1 Å². The van der Waals surface area contributed by atoms with Crippen LogP contribution in [0, 0.1) is 5.41 Å². The number of nitrogens with zero attached hydrogens (tertiary/aromatic N) is 1. The lowest BCUT2D eigenvalue weighted by molar-refractivity contribution is 0.218. The molecule has 0 saturated carbocycles. The molecule has 0 unspecified atom stereocenters. The Kier molecular flexibility index (Phi) is 11.7. The van der Waals surface area contributed by atoms with Gasteiger partial charge in [-0.05, 0) is 58.3 Å². The van der Waals surface area contributed by atoms with Crippen LogP contribution < -0.4 is 5.32 Å². The van der Waals surface area contributed by atoms with Crippen molar-refractivity contribution in [1.82, 2.24) is 10.2 Å². The van der Waals surface area contributed by atoms with Gasteiger partial charge in [-0.2, -0.15) is 0 Å². The molecule has 0 rings (SSSR count). The summed E-state index contributed by atoms with van der Waals surface area (Å²) in [5.74, 6) is 0. The maximum absolute atomic E-state index is 3.70. The zero-order chi connectivity index (χ0) is 14.6. The van der Waals surface area contributed by atoms with Gasteiger partial charge in [0, 0.05) is 6.54 Å². The van der Waals surface area contributed by atoms with Crippen molar-refractivity contribution in [3.05, 3.63) is 0 Å². The fraction of sp³-hybridized carbons (Fsp3) is 1.00. The maximum atomic E-state index is 3.70. The Labute approximate surface area is 122 Å². The van der Waals surface area contributed by atoms with Gasteiger partial charge in [0.25, 0.3) is 0 Å². The second-order valence-electron chi connectivity index (χ2n) is 6.35. The number of hydrogen-bond acceptors (Lipinski definition) is 2.